The van der Waals surface area contributed by atoms with Crippen molar-refractivity contribution in [3.05, 3.63) is 24.3 Å². The summed E-state index contributed by atoms with van der Waals surface area (Å²) >= 11 is 0. The first-order valence-corrected chi connectivity index (χ1v) is 6.54. The monoisotopic (exact) mass is 263 g/mol. The lowest BCUT2D eigenvalue weighted by Crippen LogP contribution is -2.47. The second-order valence-electron chi connectivity index (χ2n) is 5.67. The highest BCUT2D eigenvalue weighted by molar-refractivity contribution is 5.89. The van der Waals surface area contributed by atoms with E-state index < -0.39 is 11.5 Å². The highest BCUT2D eigenvalue weighted by Gasteiger charge is 2.70. The normalized spacial score (nSPS) is 23.8. The van der Waals surface area contributed by atoms with Crippen LogP contribution >= 0.6 is 0 Å². The van der Waals surface area contributed by atoms with Crippen molar-refractivity contribution in [1.82, 2.24) is 0 Å². The van der Waals surface area contributed by atoms with Crippen molar-refractivity contribution < 1.29 is 14.6 Å². The largest absolute Gasteiger partial charge is 0.497 e. The van der Waals surface area contributed by atoms with E-state index in [0.29, 0.717) is 13.0 Å². The number of carboxylic acids is 1. The van der Waals surface area contributed by atoms with Crippen molar-refractivity contribution in [3.8, 4) is 5.75 Å². The molecule has 1 saturated carbocycles. The SMILES string of the molecule is CCN(c1cccc(OC)c1)[C@]1(C(=O)O)CC1(C)C. The van der Waals surface area contributed by atoms with E-state index in [2.05, 4.69) is 0 Å². The summed E-state index contributed by atoms with van der Waals surface area (Å²) in [6, 6.07) is 7.58. The van der Waals surface area contributed by atoms with Crippen molar-refractivity contribution >= 4 is 11.7 Å². The molecular weight excluding hydrogens is 242 g/mol. The predicted molar refractivity (Wildman–Crippen MR) is 74.8 cm³/mol. The minimum absolute atomic E-state index is 0.210. The number of rotatable bonds is 5. The Morgan fingerprint density at radius 1 is 1.47 bits per heavy atom. The number of hydrogen-bond donors (Lipinski definition) is 1. The fourth-order valence-corrected chi connectivity index (χ4v) is 2.99. The van der Waals surface area contributed by atoms with Crippen LogP contribution < -0.4 is 9.64 Å². The molecule has 0 spiro atoms. The number of hydrogen-bond acceptors (Lipinski definition) is 3. The fourth-order valence-electron chi connectivity index (χ4n) is 2.99. The molecule has 2 rings (SSSR count). The first-order chi connectivity index (χ1) is 8.89. The molecule has 1 aromatic carbocycles. The summed E-state index contributed by atoms with van der Waals surface area (Å²) in [5.74, 6) is -0.00267. The molecule has 4 heteroatoms. The zero-order valence-corrected chi connectivity index (χ0v) is 11.9. The summed E-state index contributed by atoms with van der Waals surface area (Å²) in [6.07, 6.45) is 0.667. The van der Waals surface area contributed by atoms with E-state index in [4.69, 9.17) is 4.74 Å². The van der Waals surface area contributed by atoms with Gasteiger partial charge in [-0.2, -0.15) is 0 Å². The zero-order valence-electron chi connectivity index (χ0n) is 11.9. The van der Waals surface area contributed by atoms with E-state index in [-0.39, 0.29) is 5.41 Å². The minimum atomic E-state index is -0.798. The van der Waals surface area contributed by atoms with Gasteiger partial charge in [-0.3, -0.25) is 0 Å². The van der Waals surface area contributed by atoms with Gasteiger partial charge in [-0.25, -0.2) is 4.79 Å². The van der Waals surface area contributed by atoms with Gasteiger partial charge in [0.2, 0.25) is 0 Å². The molecule has 0 radical (unpaired) electrons. The maximum atomic E-state index is 11.8. The van der Waals surface area contributed by atoms with Gasteiger partial charge < -0.3 is 14.7 Å². The molecule has 0 aromatic heterocycles. The maximum Gasteiger partial charge on any atom is 0.330 e. The number of carboxylic acid groups (broad SMARTS) is 1. The first kappa shape index (κ1) is 13.7. The Balaban J connectivity index is 2.42. The molecule has 0 bridgehead atoms. The summed E-state index contributed by atoms with van der Waals surface area (Å²) in [7, 11) is 1.61. The third-order valence-electron chi connectivity index (χ3n) is 4.19. The topological polar surface area (TPSA) is 49.8 Å². The van der Waals surface area contributed by atoms with Gasteiger partial charge in [0, 0.05) is 23.7 Å². The van der Waals surface area contributed by atoms with Crippen LogP contribution in [-0.2, 0) is 4.79 Å². The van der Waals surface area contributed by atoms with Crippen molar-refractivity contribution in [2.45, 2.75) is 32.7 Å². The molecule has 19 heavy (non-hydrogen) atoms. The molecule has 1 aromatic rings. The van der Waals surface area contributed by atoms with E-state index in [1.807, 2.05) is 49.9 Å². The van der Waals surface area contributed by atoms with Crippen LogP contribution in [0.3, 0.4) is 0 Å². The van der Waals surface area contributed by atoms with E-state index in [1.165, 1.54) is 0 Å². The molecular formula is C15H21NO3. The van der Waals surface area contributed by atoms with Crippen LogP contribution in [0.25, 0.3) is 0 Å². The van der Waals surface area contributed by atoms with E-state index in [0.717, 1.165) is 11.4 Å². The third kappa shape index (κ3) is 1.95. The molecule has 1 atom stereocenters. The number of likely N-dealkylation sites (N-methyl/N-ethyl adjacent to an activating group) is 1. The van der Waals surface area contributed by atoms with Gasteiger partial charge in [-0.15, -0.1) is 0 Å². The number of carbonyl (C=O) groups is 1. The number of anilines is 1. The van der Waals surface area contributed by atoms with Crippen molar-refractivity contribution in [1.29, 1.82) is 0 Å². The Bertz CT molecular complexity index is 498. The molecule has 0 aliphatic heterocycles. The van der Waals surface area contributed by atoms with Crippen LogP contribution in [0.2, 0.25) is 0 Å². The lowest BCUT2D eigenvalue weighted by atomic mass is 10.0. The molecule has 104 valence electrons. The summed E-state index contributed by atoms with van der Waals surface area (Å²) in [4.78, 5) is 13.7. The standard InChI is InChI=1S/C15H21NO3/c1-5-16(11-7-6-8-12(9-11)19-4)15(13(17)18)10-14(15,2)3/h6-9H,5,10H2,1-4H3,(H,17,18)/t15-/m0/s1. The van der Waals surface area contributed by atoms with E-state index in [9.17, 15) is 9.90 Å². The predicted octanol–water partition coefficient (Wildman–Crippen LogP) is 2.77. The molecule has 0 saturated heterocycles. The molecule has 1 aliphatic carbocycles. The molecule has 1 fully saturated rings. The molecule has 4 nitrogen and oxygen atoms in total. The molecule has 0 unspecified atom stereocenters. The highest BCUT2D eigenvalue weighted by Crippen LogP contribution is 2.60. The van der Waals surface area contributed by atoms with Gasteiger partial charge in [0.1, 0.15) is 11.3 Å². The first-order valence-electron chi connectivity index (χ1n) is 6.54. The summed E-state index contributed by atoms with van der Waals surface area (Å²) in [6.45, 7) is 6.65. The Kier molecular flexibility index (Phi) is 3.20. The van der Waals surface area contributed by atoms with Crippen LogP contribution in [0.4, 0.5) is 5.69 Å². The van der Waals surface area contributed by atoms with Gasteiger partial charge in [0.15, 0.2) is 0 Å². The Morgan fingerprint density at radius 2 is 2.11 bits per heavy atom. The lowest BCUT2D eigenvalue weighted by molar-refractivity contribution is -0.140. The number of nitrogens with zero attached hydrogens (tertiary/aromatic N) is 1. The zero-order chi connectivity index (χ0) is 14.3. The third-order valence-corrected chi connectivity index (χ3v) is 4.19. The molecule has 0 heterocycles. The van der Waals surface area contributed by atoms with Crippen molar-refractivity contribution in [3.63, 3.8) is 0 Å². The average molecular weight is 263 g/mol. The average Bonchev–Trinajstić information content (AvgIpc) is 2.95. The lowest BCUT2D eigenvalue weighted by Gasteiger charge is -2.33. The van der Waals surface area contributed by atoms with Crippen LogP contribution in [0.5, 0.6) is 5.75 Å². The summed E-state index contributed by atoms with van der Waals surface area (Å²) in [5, 5.41) is 9.66. The maximum absolute atomic E-state index is 11.8. The number of ether oxygens (including phenoxy) is 1. The van der Waals surface area contributed by atoms with E-state index in [1.54, 1.807) is 7.11 Å². The number of benzene rings is 1. The minimum Gasteiger partial charge on any atom is -0.497 e. The number of aliphatic carboxylic acids is 1. The second-order valence-corrected chi connectivity index (χ2v) is 5.67. The summed E-state index contributed by atoms with van der Waals surface area (Å²) in [5.41, 5.74) is -0.110. The van der Waals surface area contributed by atoms with Crippen molar-refractivity contribution in [2.24, 2.45) is 5.41 Å². The fraction of sp³-hybridized carbons (Fsp3) is 0.533. The van der Waals surface area contributed by atoms with Gasteiger partial charge in [-0.1, -0.05) is 19.9 Å². The highest BCUT2D eigenvalue weighted by atomic mass is 16.5. The summed E-state index contributed by atoms with van der Waals surface area (Å²) < 4.78 is 5.22. The van der Waals surface area contributed by atoms with Gasteiger partial charge in [0.05, 0.1) is 7.11 Å². The second kappa shape index (κ2) is 4.44. The molecule has 1 N–H and O–H groups in total. The smallest absolute Gasteiger partial charge is 0.330 e. The van der Waals surface area contributed by atoms with Gasteiger partial charge in [-0.05, 0) is 25.5 Å². The van der Waals surface area contributed by atoms with Crippen LogP contribution in [0.1, 0.15) is 27.2 Å². The Morgan fingerprint density at radius 3 is 2.53 bits per heavy atom. The van der Waals surface area contributed by atoms with Gasteiger partial charge in [0.25, 0.3) is 0 Å². The van der Waals surface area contributed by atoms with Crippen LogP contribution in [0.15, 0.2) is 24.3 Å². The molecule has 0 amide bonds. The van der Waals surface area contributed by atoms with Gasteiger partial charge >= 0.3 is 5.97 Å². The number of methoxy groups -OCH3 is 1. The quantitative estimate of drug-likeness (QED) is 0.887. The van der Waals surface area contributed by atoms with Crippen LogP contribution in [0, 0.1) is 5.41 Å². The van der Waals surface area contributed by atoms with Crippen molar-refractivity contribution in [2.75, 3.05) is 18.6 Å². The Labute approximate surface area is 114 Å². The van der Waals surface area contributed by atoms with E-state index >= 15 is 0 Å². The molecule has 1 aliphatic rings. The van der Waals surface area contributed by atoms with Crippen LogP contribution in [-0.4, -0.2) is 30.3 Å². The Hall–Kier alpha value is -1.71.